The van der Waals surface area contributed by atoms with Crippen LogP contribution >= 0.6 is 23.2 Å². The number of carbonyl (C=O) groups excluding carboxylic acids is 1. The number of halogens is 5. The molecule has 2 aromatic carbocycles. The average molecular weight is 502 g/mol. The Morgan fingerprint density at radius 3 is 2.27 bits per heavy atom. The largest absolute Gasteiger partial charge is 0.481 e. The molecular formula is C24H24Cl2F3NO3. The van der Waals surface area contributed by atoms with Crippen molar-refractivity contribution in [1.82, 2.24) is 0 Å². The fourth-order valence-corrected chi connectivity index (χ4v) is 4.37. The normalized spacial score (nSPS) is 17.0. The van der Waals surface area contributed by atoms with Gasteiger partial charge in [0.05, 0.1) is 28.5 Å². The highest BCUT2D eigenvalue weighted by atomic mass is 35.5. The van der Waals surface area contributed by atoms with Crippen LogP contribution in [0, 0.1) is 17.8 Å². The highest BCUT2D eigenvalue weighted by Crippen LogP contribution is 2.39. The Hall–Kier alpha value is -2.25. The SMILES string of the molecule is C[C@H]([C@H](C(=O)Nc1cc(CC(C(=O)O)C2CCC2)ccc1Cl)c1ccc(Cl)cc1)C(F)(F)F. The standard InChI is InChI=1S/C24H24Cl2F3NO3/c1-13(24(27,28)29)21(16-6-8-17(25)9-7-16)22(31)30-20-12-14(5-10-19(20)26)11-18(23(32)33)15-3-2-4-15/h5-10,12-13,15,18,21H,2-4,11H2,1H3,(H,30,31)(H,32,33)/t13-,18?,21+/m1/s1. The van der Waals surface area contributed by atoms with Crippen LogP contribution in [-0.4, -0.2) is 23.2 Å². The summed E-state index contributed by atoms with van der Waals surface area (Å²) >= 11 is 12.1. The molecular weight excluding hydrogens is 478 g/mol. The molecule has 3 atom stereocenters. The van der Waals surface area contributed by atoms with Gasteiger partial charge in [0.25, 0.3) is 0 Å². The maximum atomic E-state index is 13.6. The van der Waals surface area contributed by atoms with E-state index in [1.54, 1.807) is 6.07 Å². The molecule has 0 heterocycles. The van der Waals surface area contributed by atoms with E-state index in [0.717, 1.165) is 26.2 Å². The van der Waals surface area contributed by atoms with Crippen molar-refractivity contribution in [3.05, 3.63) is 63.6 Å². The molecule has 0 aliphatic heterocycles. The van der Waals surface area contributed by atoms with Crippen molar-refractivity contribution in [3.63, 3.8) is 0 Å². The number of carboxylic acid groups (broad SMARTS) is 1. The summed E-state index contributed by atoms with van der Waals surface area (Å²) in [5.41, 5.74) is 0.955. The van der Waals surface area contributed by atoms with E-state index in [9.17, 15) is 27.9 Å². The summed E-state index contributed by atoms with van der Waals surface area (Å²) in [5.74, 6) is -5.70. The van der Waals surface area contributed by atoms with Gasteiger partial charge in [-0.05, 0) is 60.6 Å². The van der Waals surface area contributed by atoms with Gasteiger partial charge in [0.15, 0.2) is 0 Å². The Morgan fingerprint density at radius 1 is 1.12 bits per heavy atom. The van der Waals surface area contributed by atoms with Crippen molar-refractivity contribution in [1.29, 1.82) is 0 Å². The zero-order valence-corrected chi connectivity index (χ0v) is 19.3. The first kappa shape index (κ1) is 25.4. The van der Waals surface area contributed by atoms with Crippen LogP contribution in [-0.2, 0) is 16.0 Å². The Morgan fingerprint density at radius 2 is 1.76 bits per heavy atom. The number of benzene rings is 2. The highest BCUT2D eigenvalue weighted by Gasteiger charge is 2.45. The zero-order chi connectivity index (χ0) is 24.3. The zero-order valence-electron chi connectivity index (χ0n) is 17.8. The van der Waals surface area contributed by atoms with Crippen LogP contribution in [0.5, 0.6) is 0 Å². The minimum absolute atomic E-state index is 0.0955. The topological polar surface area (TPSA) is 66.4 Å². The molecule has 0 aromatic heterocycles. The summed E-state index contributed by atoms with van der Waals surface area (Å²) in [6.07, 6.45) is -1.65. The number of nitrogens with one attached hydrogen (secondary N) is 1. The monoisotopic (exact) mass is 501 g/mol. The fourth-order valence-electron chi connectivity index (χ4n) is 4.08. The van der Waals surface area contributed by atoms with Gasteiger partial charge in [-0.1, -0.05) is 54.7 Å². The van der Waals surface area contributed by atoms with E-state index in [0.29, 0.717) is 10.6 Å². The molecule has 33 heavy (non-hydrogen) atoms. The molecule has 0 radical (unpaired) electrons. The van der Waals surface area contributed by atoms with Crippen molar-refractivity contribution in [3.8, 4) is 0 Å². The van der Waals surface area contributed by atoms with Crippen LogP contribution in [0.25, 0.3) is 0 Å². The molecule has 1 saturated carbocycles. The molecule has 3 rings (SSSR count). The number of carboxylic acids is 1. The molecule has 2 aromatic rings. The lowest BCUT2D eigenvalue weighted by Gasteiger charge is -2.31. The summed E-state index contributed by atoms with van der Waals surface area (Å²) in [6.45, 7) is 0.951. The van der Waals surface area contributed by atoms with Crippen LogP contribution in [0.1, 0.15) is 43.2 Å². The van der Waals surface area contributed by atoms with Crippen molar-refractivity contribution < 1.29 is 27.9 Å². The summed E-state index contributed by atoms with van der Waals surface area (Å²) < 4.78 is 40.7. The Balaban J connectivity index is 1.86. The molecule has 4 nitrogen and oxygen atoms in total. The minimum atomic E-state index is -4.61. The van der Waals surface area contributed by atoms with Gasteiger partial charge in [0, 0.05) is 5.02 Å². The number of amides is 1. The van der Waals surface area contributed by atoms with Gasteiger partial charge in [-0.2, -0.15) is 13.2 Å². The number of anilines is 1. The molecule has 1 aliphatic rings. The number of aliphatic carboxylic acids is 1. The van der Waals surface area contributed by atoms with E-state index in [4.69, 9.17) is 23.2 Å². The van der Waals surface area contributed by atoms with Gasteiger partial charge < -0.3 is 10.4 Å². The number of alkyl halides is 3. The van der Waals surface area contributed by atoms with Gasteiger partial charge in [-0.25, -0.2) is 0 Å². The highest BCUT2D eigenvalue weighted by molar-refractivity contribution is 6.33. The number of rotatable bonds is 8. The maximum absolute atomic E-state index is 13.6. The molecule has 1 amide bonds. The van der Waals surface area contributed by atoms with Gasteiger partial charge in [0.2, 0.25) is 5.91 Å². The number of hydrogen-bond donors (Lipinski definition) is 2. The van der Waals surface area contributed by atoms with Crippen LogP contribution in [0.15, 0.2) is 42.5 Å². The van der Waals surface area contributed by atoms with Crippen LogP contribution in [0.4, 0.5) is 18.9 Å². The third kappa shape index (κ3) is 6.21. The molecule has 1 fully saturated rings. The Kier molecular flexibility index (Phi) is 7.96. The van der Waals surface area contributed by atoms with Crippen molar-refractivity contribution in [2.75, 3.05) is 5.32 Å². The number of carbonyl (C=O) groups is 2. The van der Waals surface area contributed by atoms with Gasteiger partial charge in [-0.3, -0.25) is 9.59 Å². The first-order valence-electron chi connectivity index (χ1n) is 10.6. The van der Waals surface area contributed by atoms with E-state index < -0.39 is 35.8 Å². The van der Waals surface area contributed by atoms with E-state index in [2.05, 4.69) is 5.32 Å². The van der Waals surface area contributed by atoms with Crippen molar-refractivity contribution in [2.24, 2.45) is 17.8 Å². The molecule has 0 spiro atoms. The lowest BCUT2D eigenvalue weighted by Crippen LogP contribution is -2.34. The second kappa shape index (κ2) is 10.3. The Bertz CT molecular complexity index is 1010. The summed E-state index contributed by atoms with van der Waals surface area (Å²) in [6, 6.07) is 10.4. The van der Waals surface area contributed by atoms with Gasteiger partial charge in [-0.15, -0.1) is 0 Å². The summed E-state index contributed by atoms with van der Waals surface area (Å²) in [7, 11) is 0. The minimum Gasteiger partial charge on any atom is -0.481 e. The van der Waals surface area contributed by atoms with Gasteiger partial charge in [0.1, 0.15) is 0 Å². The molecule has 9 heteroatoms. The predicted octanol–water partition coefficient (Wildman–Crippen LogP) is 6.96. The molecule has 1 unspecified atom stereocenters. The van der Waals surface area contributed by atoms with E-state index in [1.165, 1.54) is 36.4 Å². The van der Waals surface area contributed by atoms with E-state index in [1.807, 2.05) is 0 Å². The molecule has 2 N–H and O–H groups in total. The van der Waals surface area contributed by atoms with Crippen molar-refractivity contribution >= 4 is 40.8 Å². The van der Waals surface area contributed by atoms with E-state index in [-0.39, 0.29) is 28.6 Å². The lowest BCUT2D eigenvalue weighted by molar-refractivity contribution is -0.178. The first-order chi connectivity index (χ1) is 15.5. The van der Waals surface area contributed by atoms with Crippen LogP contribution < -0.4 is 5.32 Å². The second-order valence-electron chi connectivity index (χ2n) is 8.50. The average Bonchev–Trinajstić information content (AvgIpc) is 2.69. The summed E-state index contributed by atoms with van der Waals surface area (Å²) in [5, 5.41) is 12.6. The van der Waals surface area contributed by atoms with Crippen LogP contribution in [0.3, 0.4) is 0 Å². The quantitative estimate of drug-likeness (QED) is 0.410. The first-order valence-corrected chi connectivity index (χ1v) is 11.4. The molecule has 0 saturated heterocycles. The maximum Gasteiger partial charge on any atom is 0.392 e. The van der Waals surface area contributed by atoms with E-state index >= 15 is 0 Å². The molecule has 0 bridgehead atoms. The fraction of sp³-hybridized carbons (Fsp3) is 0.417. The Labute approximate surface area is 200 Å². The predicted molar refractivity (Wildman–Crippen MR) is 122 cm³/mol. The second-order valence-corrected chi connectivity index (χ2v) is 9.35. The van der Waals surface area contributed by atoms with Crippen molar-refractivity contribution in [2.45, 2.75) is 44.7 Å². The number of hydrogen-bond acceptors (Lipinski definition) is 2. The third-order valence-electron chi connectivity index (χ3n) is 6.31. The smallest absolute Gasteiger partial charge is 0.392 e. The summed E-state index contributed by atoms with van der Waals surface area (Å²) in [4.78, 5) is 24.7. The third-order valence-corrected chi connectivity index (χ3v) is 6.89. The van der Waals surface area contributed by atoms with Crippen LogP contribution in [0.2, 0.25) is 10.0 Å². The molecule has 1 aliphatic carbocycles. The molecule has 178 valence electrons. The van der Waals surface area contributed by atoms with Gasteiger partial charge >= 0.3 is 12.1 Å². The lowest BCUT2D eigenvalue weighted by atomic mass is 9.73.